The van der Waals surface area contributed by atoms with E-state index in [1.54, 1.807) is 0 Å². The van der Waals surface area contributed by atoms with Gasteiger partial charge < -0.3 is 5.32 Å². The number of hydrazone groups is 1. The largest absolute Gasteiger partial charge is 0.417 e. The van der Waals surface area contributed by atoms with Crippen molar-refractivity contribution in [2.75, 3.05) is 0 Å². The summed E-state index contributed by atoms with van der Waals surface area (Å²) in [5.74, 6) is -1.84. The van der Waals surface area contributed by atoms with Gasteiger partial charge in [0.2, 0.25) is 0 Å². The molecule has 5 nitrogen and oxygen atoms in total. The Morgan fingerprint density at radius 1 is 1.13 bits per heavy atom. The molecule has 2 N–H and O–H groups in total. The van der Waals surface area contributed by atoms with E-state index in [1.807, 2.05) is 5.43 Å². The van der Waals surface area contributed by atoms with Crippen LogP contribution >= 0.6 is 0 Å². The molecule has 1 aromatic carbocycles. The molecule has 8 heteroatoms. The third kappa shape index (κ3) is 4.80. The van der Waals surface area contributed by atoms with Crippen LogP contribution in [0.15, 0.2) is 29.4 Å². The van der Waals surface area contributed by atoms with E-state index in [-0.39, 0.29) is 11.6 Å². The van der Waals surface area contributed by atoms with Gasteiger partial charge in [-0.15, -0.1) is 0 Å². The van der Waals surface area contributed by atoms with Crippen molar-refractivity contribution in [3.8, 4) is 0 Å². The SMILES string of the molecule is O=C(N/N=C\c1ccccc1C(F)(F)F)C(=O)NC1CCCC1. The van der Waals surface area contributed by atoms with Gasteiger partial charge in [-0.1, -0.05) is 31.0 Å². The number of rotatable bonds is 3. The Balaban J connectivity index is 1.93. The maximum absolute atomic E-state index is 12.8. The molecule has 2 rings (SSSR count). The van der Waals surface area contributed by atoms with Crippen LogP contribution in [0, 0.1) is 0 Å². The summed E-state index contributed by atoms with van der Waals surface area (Å²) < 4.78 is 38.3. The number of amides is 2. The summed E-state index contributed by atoms with van der Waals surface area (Å²) in [4.78, 5) is 23.1. The highest BCUT2D eigenvalue weighted by molar-refractivity contribution is 6.35. The second-order valence-electron chi connectivity index (χ2n) is 5.24. The molecule has 124 valence electrons. The van der Waals surface area contributed by atoms with Crippen molar-refractivity contribution in [2.45, 2.75) is 37.9 Å². The summed E-state index contributed by atoms with van der Waals surface area (Å²) >= 11 is 0. The molecule has 0 radical (unpaired) electrons. The Bertz CT molecular complexity index is 608. The fourth-order valence-corrected chi connectivity index (χ4v) is 2.40. The van der Waals surface area contributed by atoms with Gasteiger partial charge in [-0.25, -0.2) is 5.43 Å². The first-order chi connectivity index (χ1) is 10.9. The number of benzene rings is 1. The van der Waals surface area contributed by atoms with Gasteiger partial charge in [-0.05, 0) is 18.9 Å². The molecule has 1 fully saturated rings. The van der Waals surface area contributed by atoms with E-state index in [2.05, 4.69) is 10.4 Å². The van der Waals surface area contributed by atoms with E-state index in [0.29, 0.717) is 0 Å². The predicted octanol–water partition coefficient (Wildman–Crippen LogP) is 2.21. The highest BCUT2D eigenvalue weighted by Gasteiger charge is 2.32. The number of carbonyl (C=O) groups excluding carboxylic acids is 2. The van der Waals surface area contributed by atoms with Crippen molar-refractivity contribution in [2.24, 2.45) is 5.10 Å². The van der Waals surface area contributed by atoms with Crippen molar-refractivity contribution < 1.29 is 22.8 Å². The summed E-state index contributed by atoms with van der Waals surface area (Å²) in [5, 5.41) is 5.98. The molecule has 1 aliphatic rings. The van der Waals surface area contributed by atoms with Crippen molar-refractivity contribution in [3.05, 3.63) is 35.4 Å². The van der Waals surface area contributed by atoms with E-state index >= 15 is 0 Å². The normalized spacial score (nSPS) is 15.8. The van der Waals surface area contributed by atoms with Gasteiger partial charge in [0.25, 0.3) is 0 Å². The summed E-state index contributed by atoms with van der Waals surface area (Å²) in [6, 6.07) is 4.79. The lowest BCUT2D eigenvalue weighted by atomic mass is 10.1. The zero-order chi connectivity index (χ0) is 16.9. The van der Waals surface area contributed by atoms with Gasteiger partial charge in [0, 0.05) is 11.6 Å². The minimum Gasteiger partial charge on any atom is -0.345 e. The number of nitrogens with one attached hydrogen (secondary N) is 2. The predicted molar refractivity (Wildman–Crippen MR) is 77.6 cm³/mol. The topological polar surface area (TPSA) is 70.6 Å². The summed E-state index contributed by atoms with van der Waals surface area (Å²) in [6.07, 6.45) is -0.0174. The van der Waals surface area contributed by atoms with Gasteiger partial charge in [0.15, 0.2) is 0 Å². The molecule has 1 aliphatic carbocycles. The van der Waals surface area contributed by atoms with Gasteiger partial charge >= 0.3 is 18.0 Å². The van der Waals surface area contributed by atoms with Crippen molar-refractivity contribution in [1.82, 2.24) is 10.7 Å². The molecule has 0 atom stereocenters. The fourth-order valence-electron chi connectivity index (χ4n) is 2.40. The van der Waals surface area contributed by atoms with Crippen LogP contribution < -0.4 is 10.7 Å². The molecule has 1 saturated carbocycles. The Kier molecular flexibility index (Phi) is 5.36. The number of alkyl halides is 3. The van der Waals surface area contributed by atoms with Crippen LogP contribution in [-0.2, 0) is 15.8 Å². The summed E-state index contributed by atoms with van der Waals surface area (Å²) in [6.45, 7) is 0. The number of hydrogen-bond donors (Lipinski definition) is 2. The van der Waals surface area contributed by atoms with Crippen LogP contribution in [0.1, 0.15) is 36.8 Å². The molecule has 0 heterocycles. The van der Waals surface area contributed by atoms with Crippen LogP contribution in [-0.4, -0.2) is 24.1 Å². The molecule has 1 aromatic rings. The molecular weight excluding hydrogens is 311 g/mol. The summed E-state index contributed by atoms with van der Waals surface area (Å²) in [7, 11) is 0. The minimum absolute atomic E-state index is 0.0248. The van der Waals surface area contributed by atoms with Gasteiger partial charge in [-0.2, -0.15) is 18.3 Å². The number of carbonyl (C=O) groups is 2. The van der Waals surface area contributed by atoms with E-state index in [9.17, 15) is 22.8 Å². The van der Waals surface area contributed by atoms with Crippen LogP contribution in [0.3, 0.4) is 0 Å². The molecule has 23 heavy (non-hydrogen) atoms. The zero-order valence-corrected chi connectivity index (χ0v) is 12.2. The first-order valence-electron chi connectivity index (χ1n) is 7.18. The maximum atomic E-state index is 12.8. The van der Waals surface area contributed by atoms with Crippen LogP contribution in [0.2, 0.25) is 0 Å². The van der Waals surface area contributed by atoms with E-state index in [4.69, 9.17) is 0 Å². The Labute approximate surface area is 130 Å². The minimum atomic E-state index is -4.52. The highest BCUT2D eigenvalue weighted by Crippen LogP contribution is 2.30. The third-order valence-corrected chi connectivity index (χ3v) is 3.53. The van der Waals surface area contributed by atoms with E-state index in [1.165, 1.54) is 18.2 Å². The van der Waals surface area contributed by atoms with Gasteiger partial charge in [0.05, 0.1) is 11.8 Å². The molecule has 0 saturated heterocycles. The van der Waals surface area contributed by atoms with E-state index in [0.717, 1.165) is 38.0 Å². The Hall–Kier alpha value is -2.38. The van der Waals surface area contributed by atoms with Crippen molar-refractivity contribution in [3.63, 3.8) is 0 Å². The Morgan fingerprint density at radius 3 is 2.43 bits per heavy atom. The van der Waals surface area contributed by atoms with Crippen LogP contribution in [0.25, 0.3) is 0 Å². The molecule has 0 aliphatic heterocycles. The average molecular weight is 327 g/mol. The molecular formula is C15H16F3N3O2. The molecule has 0 unspecified atom stereocenters. The van der Waals surface area contributed by atoms with Gasteiger partial charge in [0.1, 0.15) is 0 Å². The van der Waals surface area contributed by atoms with E-state index < -0.39 is 23.6 Å². The first kappa shape index (κ1) is 17.0. The zero-order valence-electron chi connectivity index (χ0n) is 12.2. The lowest BCUT2D eigenvalue weighted by Crippen LogP contribution is -2.42. The number of hydrogen-bond acceptors (Lipinski definition) is 3. The number of halogens is 3. The maximum Gasteiger partial charge on any atom is 0.417 e. The van der Waals surface area contributed by atoms with Crippen LogP contribution in [0.5, 0.6) is 0 Å². The molecule has 0 bridgehead atoms. The van der Waals surface area contributed by atoms with Gasteiger partial charge in [-0.3, -0.25) is 9.59 Å². The second kappa shape index (κ2) is 7.26. The molecule has 0 spiro atoms. The lowest BCUT2D eigenvalue weighted by molar-refractivity contribution is -0.139. The van der Waals surface area contributed by atoms with Crippen LogP contribution in [0.4, 0.5) is 13.2 Å². The smallest absolute Gasteiger partial charge is 0.345 e. The summed E-state index contributed by atoms with van der Waals surface area (Å²) in [5.41, 5.74) is 0.870. The molecule has 0 aromatic heterocycles. The lowest BCUT2D eigenvalue weighted by Gasteiger charge is -2.10. The standard InChI is InChI=1S/C15H16F3N3O2/c16-15(17,18)12-8-4-1-5-10(12)9-19-21-14(23)13(22)20-11-6-2-3-7-11/h1,4-5,8-9,11H,2-3,6-7H2,(H,20,22)(H,21,23)/b19-9-. The third-order valence-electron chi connectivity index (χ3n) is 3.53. The monoisotopic (exact) mass is 327 g/mol. The first-order valence-corrected chi connectivity index (χ1v) is 7.18. The van der Waals surface area contributed by atoms with Crippen molar-refractivity contribution in [1.29, 1.82) is 0 Å². The number of nitrogens with zero attached hydrogens (tertiary/aromatic N) is 1. The second-order valence-corrected chi connectivity index (χ2v) is 5.24. The Morgan fingerprint density at radius 2 is 1.78 bits per heavy atom. The highest BCUT2D eigenvalue weighted by atomic mass is 19.4. The molecule has 2 amide bonds. The average Bonchev–Trinajstić information content (AvgIpc) is 2.99. The fraction of sp³-hybridized carbons (Fsp3) is 0.400. The van der Waals surface area contributed by atoms with Crippen molar-refractivity contribution >= 4 is 18.0 Å². The quantitative estimate of drug-likeness (QED) is 0.508.